The first-order valence-electron chi connectivity index (χ1n) is 8.42. The molecule has 0 saturated heterocycles. The highest BCUT2D eigenvalue weighted by Gasteiger charge is 2.66. The van der Waals surface area contributed by atoms with Crippen molar-refractivity contribution in [2.75, 3.05) is 13.6 Å². The fourth-order valence-corrected chi connectivity index (χ4v) is 3.84. The van der Waals surface area contributed by atoms with Crippen molar-refractivity contribution in [3.05, 3.63) is 29.1 Å². The Morgan fingerprint density at radius 2 is 2.04 bits per heavy atom. The number of hydrogen-bond donors (Lipinski definition) is 0. The molecule has 1 heterocycles. The third-order valence-corrected chi connectivity index (χ3v) is 6.44. The fraction of sp³-hybridized carbons (Fsp3) is 0.500. The van der Waals surface area contributed by atoms with E-state index in [1.165, 1.54) is 11.5 Å². The molecule has 1 aliphatic carbocycles. The number of ether oxygens (including phenoxy) is 1. The topological polar surface area (TPSA) is 50.6 Å². The summed E-state index contributed by atoms with van der Waals surface area (Å²) in [6.45, 7) is 8.96. The first-order chi connectivity index (χ1) is 12.2. The van der Waals surface area contributed by atoms with Crippen LogP contribution in [0, 0.1) is 13.8 Å². The second-order valence-electron chi connectivity index (χ2n) is 6.92. The first-order valence-corrected chi connectivity index (χ1v) is 9.95. The molecule has 26 heavy (non-hydrogen) atoms. The minimum atomic E-state index is -0.789. The molecule has 1 fully saturated rings. The minimum absolute atomic E-state index is 0.400. The van der Waals surface area contributed by atoms with Crippen LogP contribution in [0.2, 0.25) is 0 Å². The Balaban J connectivity index is 1.78. The number of aliphatic imine (C=N–C) groups is 1. The number of benzene rings is 1. The fourth-order valence-electron chi connectivity index (χ4n) is 2.48. The van der Waals surface area contributed by atoms with Crippen LogP contribution < -0.4 is 4.74 Å². The number of aromatic nitrogens is 2. The molecule has 140 valence electrons. The Hall–Kier alpha value is -1.37. The highest BCUT2D eigenvalue weighted by Crippen LogP contribution is 2.64. The minimum Gasteiger partial charge on any atom is -0.430 e. The Bertz CT molecular complexity index is 852. The van der Waals surface area contributed by atoms with Crippen LogP contribution in [0.5, 0.6) is 10.9 Å². The Kier molecular flexibility index (Phi) is 5.21. The first kappa shape index (κ1) is 19.4. The zero-order valence-corrected chi connectivity index (χ0v) is 17.8. The number of rotatable bonds is 6. The van der Waals surface area contributed by atoms with Crippen molar-refractivity contribution in [1.82, 2.24) is 14.3 Å². The van der Waals surface area contributed by atoms with E-state index in [9.17, 15) is 0 Å². The van der Waals surface area contributed by atoms with Crippen LogP contribution in [0.25, 0.3) is 0 Å². The largest absolute Gasteiger partial charge is 0.430 e. The summed E-state index contributed by atoms with van der Waals surface area (Å²) in [5.74, 6) is 1.39. The Morgan fingerprint density at radius 1 is 1.35 bits per heavy atom. The van der Waals surface area contributed by atoms with Gasteiger partial charge in [-0.1, -0.05) is 0 Å². The van der Waals surface area contributed by atoms with E-state index >= 15 is 0 Å². The van der Waals surface area contributed by atoms with Crippen molar-refractivity contribution < 1.29 is 4.74 Å². The van der Waals surface area contributed by atoms with E-state index in [4.69, 9.17) is 27.9 Å². The SMILES string of the molecule is CCN(C)C=Nc1cc(C)c(Oc2nc(C3(C)CC3(Cl)Cl)ns2)cc1C. The predicted octanol–water partition coefficient (Wildman–Crippen LogP) is 5.39. The van der Waals surface area contributed by atoms with Crippen molar-refractivity contribution in [3.63, 3.8) is 0 Å². The van der Waals surface area contributed by atoms with Gasteiger partial charge in [-0.3, -0.25) is 0 Å². The molecule has 0 spiro atoms. The van der Waals surface area contributed by atoms with E-state index < -0.39 is 9.75 Å². The molecule has 0 amide bonds. The number of nitrogens with zero attached hydrogens (tertiary/aromatic N) is 4. The lowest BCUT2D eigenvalue weighted by Gasteiger charge is -2.11. The average molecular weight is 413 g/mol. The van der Waals surface area contributed by atoms with E-state index in [-0.39, 0.29) is 0 Å². The van der Waals surface area contributed by atoms with Crippen molar-refractivity contribution in [1.29, 1.82) is 0 Å². The molecule has 5 nitrogen and oxygen atoms in total. The Labute approximate surface area is 168 Å². The maximum Gasteiger partial charge on any atom is 0.298 e. The van der Waals surface area contributed by atoms with Gasteiger partial charge in [-0.2, -0.15) is 9.36 Å². The molecule has 1 saturated carbocycles. The number of hydrogen-bond acceptors (Lipinski definition) is 5. The lowest BCUT2D eigenvalue weighted by Crippen LogP contribution is -2.14. The van der Waals surface area contributed by atoms with Crippen LogP contribution in [0.4, 0.5) is 5.69 Å². The van der Waals surface area contributed by atoms with Gasteiger partial charge in [0.25, 0.3) is 5.19 Å². The molecule has 0 radical (unpaired) electrons. The molecule has 0 aliphatic heterocycles. The van der Waals surface area contributed by atoms with Gasteiger partial charge in [-0.05, 0) is 57.4 Å². The summed E-state index contributed by atoms with van der Waals surface area (Å²) >= 11 is 13.6. The summed E-state index contributed by atoms with van der Waals surface area (Å²) < 4.78 is 9.55. The van der Waals surface area contributed by atoms with Crippen LogP contribution in [0.15, 0.2) is 17.1 Å². The molecule has 0 N–H and O–H groups in total. The zero-order chi connectivity index (χ0) is 19.1. The van der Waals surface area contributed by atoms with E-state index in [1.807, 2.05) is 51.2 Å². The molecule has 1 unspecified atom stereocenters. The lowest BCUT2D eigenvalue weighted by atomic mass is 10.1. The molecule has 1 aromatic carbocycles. The molecular weight excluding hydrogens is 391 g/mol. The van der Waals surface area contributed by atoms with Crippen molar-refractivity contribution in [2.45, 2.75) is 43.9 Å². The summed E-state index contributed by atoms with van der Waals surface area (Å²) in [7, 11) is 1.99. The molecule has 8 heteroatoms. The van der Waals surface area contributed by atoms with Gasteiger partial charge >= 0.3 is 0 Å². The number of halogens is 2. The summed E-state index contributed by atoms with van der Waals surface area (Å²) in [6.07, 6.45) is 2.48. The van der Waals surface area contributed by atoms with Gasteiger partial charge < -0.3 is 9.64 Å². The van der Waals surface area contributed by atoms with Gasteiger partial charge in [0.05, 0.1) is 17.4 Å². The maximum atomic E-state index is 6.21. The van der Waals surface area contributed by atoms with Crippen LogP contribution in [0.1, 0.15) is 37.2 Å². The number of aryl methyl sites for hydroxylation is 2. The quantitative estimate of drug-likeness (QED) is 0.362. The van der Waals surface area contributed by atoms with E-state index in [0.717, 1.165) is 29.1 Å². The van der Waals surface area contributed by atoms with E-state index in [2.05, 4.69) is 21.3 Å². The maximum absolute atomic E-state index is 6.21. The van der Waals surface area contributed by atoms with Crippen LogP contribution in [-0.4, -0.2) is 38.5 Å². The smallest absolute Gasteiger partial charge is 0.298 e. The predicted molar refractivity (Wildman–Crippen MR) is 109 cm³/mol. The Morgan fingerprint density at radius 3 is 2.65 bits per heavy atom. The molecule has 1 atom stereocenters. The molecule has 1 aliphatic rings. The third kappa shape index (κ3) is 3.68. The van der Waals surface area contributed by atoms with Crippen LogP contribution in [0.3, 0.4) is 0 Å². The van der Waals surface area contributed by atoms with Gasteiger partial charge in [-0.25, -0.2) is 4.99 Å². The van der Waals surface area contributed by atoms with E-state index in [0.29, 0.717) is 17.4 Å². The highest BCUT2D eigenvalue weighted by molar-refractivity contribution is 7.07. The summed E-state index contributed by atoms with van der Waals surface area (Å²) in [5.41, 5.74) is 2.54. The van der Waals surface area contributed by atoms with Crippen LogP contribution >= 0.6 is 34.7 Å². The normalized spacial score (nSPS) is 21.2. The summed E-state index contributed by atoms with van der Waals surface area (Å²) in [5, 5.41) is 0.488. The van der Waals surface area contributed by atoms with Gasteiger partial charge in [0.15, 0.2) is 5.82 Å². The van der Waals surface area contributed by atoms with Crippen molar-refractivity contribution in [3.8, 4) is 10.9 Å². The second kappa shape index (κ2) is 6.98. The highest BCUT2D eigenvalue weighted by atomic mass is 35.5. The van der Waals surface area contributed by atoms with Crippen molar-refractivity contribution >= 4 is 46.8 Å². The van der Waals surface area contributed by atoms with Gasteiger partial charge in [0.2, 0.25) is 0 Å². The molecule has 3 rings (SSSR count). The summed E-state index contributed by atoms with van der Waals surface area (Å²) in [4.78, 5) is 11.0. The van der Waals surface area contributed by atoms with Gasteiger partial charge in [0, 0.05) is 25.1 Å². The standard InChI is InChI=1S/C18H22Cl2N4OS/c1-6-24(5)10-21-13-7-12(3)14(8-11(13)2)25-16-22-15(23-26-16)17(4)9-18(17,19)20/h7-8,10H,6,9H2,1-5H3. The number of alkyl halides is 2. The van der Waals surface area contributed by atoms with Gasteiger partial charge in [0.1, 0.15) is 10.1 Å². The summed E-state index contributed by atoms with van der Waals surface area (Å²) in [6, 6.07) is 3.98. The second-order valence-corrected chi connectivity index (χ2v) is 9.12. The molecule has 1 aromatic heterocycles. The molecule has 0 bridgehead atoms. The van der Waals surface area contributed by atoms with Crippen LogP contribution in [-0.2, 0) is 5.41 Å². The monoisotopic (exact) mass is 412 g/mol. The average Bonchev–Trinajstić information content (AvgIpc) is 2.92. The van der Waals surface area contributed by atoms with Crippen molar-refractivity contribution in [2.24, 2.45) is 4.99 Å². The molecular formula is C18H22Cl2N4OS. The van der Waals surface area contributed by atoms with E-state index in [1.54, 1.807) is 0 Å². The zero-order valence-electron chi connectivity index (χ0n) is 15.5. The van der Waals surface area contributed by atoms with Gasteiger partial charge in [-0.15, -0.1) is 23.2 Å². The third-order valence-electron chi connectivity index (χ3n) is 4.74. The molecule has 2 aromatic rings. The lowest BCUT2D eigenvalue weighted by molar-refractivity contribution is 0.471.